The maximum Gasteiger partial charge on any atom is 0.250 e. The Kier molecular flexibility index (Phi) is 5.67. The van der Waals surface area contributed by atoms with Crippen LogP contribution < -0.4 is 10.2 Å². The zero-order valence-electron chi connectivity index (χ0n) is 14.3. The first-order chi connectivity index (χ1) is 12.9. The predicted molar refractivity (Wildman–Crippen MR) is 104 cm³/mol. The minimum absolute atomic E-state index is 0.124. The quantitative estimate of drug-likeness (QED) is 0.655. The van der Waals surface area contributed by atoms with Crippen molar-refractivity contribution in [2.24, 2.45) is 0 Å². The molecule has 138 valence electrons. The summed E-state index contributed by atoms with van der Waals surface area (Å²) >= 11 is 2.44. The van der Waals surface area contributed by atoms with Crippen molar-refractivity contribution in [3.8, 4) is 0 Å². The van der Waals surface area contributed by atoms with Crippen molar-refractivity contribution in [2.45, 2.75) is 13.8 Å². The third-order valence-corrected chi connectivity index (χ3v) is 4.87. The van der Waals surface area contributed by atoms with E-state index >= 15 is 0 Å². The van der Waals surface area contributed by atoms with Crippen LogP contribution in [0.2, 0.25) is 0 Å². The molecule has 2 heterocycles. The minimum atomic E-state index is -0.522. The SMILES string of the molecule is CC(=O)N(c1nc(C=CC(=O)Nc2nnc(C)s2)cs1)c1ccccc1F. The zero-order valence-corrected chi connectivity index (χ0v) is 16.0. The Balaban J connectivity index is 1.75. The fourth-order valence-corrected chi connectivity index (χ4v) is 3.59. The summed E-state index contributed by atoms with van der Waals surface area (Å²) in [6, 6.07) is 5.97. The van der Waals surface area contributed by atoms with Gasteiger partial charge in [0, 0.05) is 18.4 Å². The second-order valence-corrected chi connectivity index (χ2v) is 7.33. The molecule has 2 amide bonds. The number of nitrogens with zero attached hydrogens (tertiary/aromatic N) is 4. The highest BCUT2D eigenvalue weighted by Gasteiger charge is 2.20. The van der Waals surface area contributed by atoms with Gasteiger partial charge in [0.2, 0.25) is 16.9 Å². The Morgan fingerprint density at radius 2 is 2.04 bits per heavy atom. The van der Waals surface area contributed by atoms with Gasteiger partial charge in [0.1, 0.15) is 10.8 Å². The van der Waals surface area contributed by atoms with Crippen molar-refractivity contribution < 1.29 is 14.0 Å². The fourth-order valence-electron chi connectivity index (χ4n) is 2.15. The van der Waals surface area contributed by atoms with Crippen molar-refractivity contribution in [3.63, 3.8) is 0 Å². The zero-order chi connectivity index (χ0) is 19.4. The predicted octanol–water partition coefficient (Wildman–Crippen LogP) is 3.78. The van der Waals surface area contributed by atoms with Crippen LogP contribution >= 0.6 is 22.7 Å². The average Bonchev–Trinajstić information content (AvgIpc) is 3.24. The summed E-state index contributed by atoms with van der Waals surface area (Å²) in [5, 5.41) is 13.4. The van der Waals surface area contributed by atoms with E-state index in [1.165, 1.54) is 58.8 Å². The fraction of sp³-hybridized carbons (Fsp3) is 0.118. The molecule has 3 rings (SSSR count). The second kappa shape index (κ2) is 8.14. The molecule has 0 bridgehead atoms. The van der Waals surface area contributed by atoms with E-state index in [1.54, 1.807) is 24.4 Å². The van der Waals surface area contributed by atoms with Gasteiger partial charge in [-0.25, -0.2) is 9.37 Å². The highest BCUT2D eigenvalue weighted by molar-refractivity contribution is 7.15. The van der Waals surface area contributed by atoms with E-state index in [4.69, 9.17) is 0 Å². The van der Waals surface area contributed by atoms with Crippen LogP contribution in [-0.4, -0.2) is 27.0 Å². The molecule has 0 aliphatic carbocycles. The Labute approximate surface area is 162 Å². The lowest BCUT2D eigenvalue weighted by Crippen LogP contribution is -2.23. The number of anilines is 3. The molecule has 27 heavy (non-hydrogen) atoms. The first-order valence-corrected chi connectivity index (χ1v) is 9.43. The summed E-state index contributed by atoms with van der Waals surface area (Å²) in [6.45, 7) is 3.12. The second-order valence-electron chi connectivity index (χ2n) is 5.31. The Hall–Kier alpha value is -2.98. The maximum atomic E-state index is 14.1. The lowest BCUT2D eigenvalue weighted by atomic mass is 10.3. The molecule has 0 spiro atoms. The number of amides is 2. The van der Waals surface area contributed by atoms with Crippen LogP contribution in [-0.2, 0) is 9.59 Å². The van der Waals surface area contributed by atoms with Crippen LogP contribution in [0.5, 0.6) is 0 Å². The number of carbonyl (C=O) groups excluding carboxylic acids is 2. The normalized spacial score (nSPS) is 10.9. The summed E-state index contributed by atoms with van der Waals surface area (Å²) in [6.07, 6.45) is 2.81. The molecule has 0 aliphatic rings. The number of hydrogen-bond donors (Lipinski definition) is 1. The molecule has 0 atom stereocenters. The first-order valence-electron chi connectivity index (χ1n) is 7.74. The number of thiazole rings is 1. The number of para-hydroxylation sites is 1. The van der Waals surface area contributed by atoms with Gasteiger partial charge in [-0.2, -0.15) is 0 Å². The molecule has 1 N–H and O–H groups in total. The van der Waals surface area contributed by atoms with E-state index in [-0.39, 0.29) is 17.5 Å². The molecular formula is C17H14FN5O2S2. The number of aromatic nitrogens is 3. The maximum absolute atomic E-state index is 14.1. The molecule has 0 saturated heterocycles. The van der Waals surface area contributed by atoms with Gasteiger partial charge in [-0.15, -0.1) is 21.5 Å². The molecular weight excluding hydrogens is 389 g/mol. The van der Waals surface area contributed by atoms with Crippen LogP contribution in [0.1, 0.15) is 17.6 Å². The van der Waals surface area contributed by atoms with Crippen LogP contribution in [0.25, 0.3) is 6.08 Å². The Morgan fingerprint density at radius 1 is 1.26 bits per heavy atom. The van der Waals surface area contributed by atoms with Crippen LogP contribution in [0, 0.1) is 12.7 Å². The summed E-state index contributed by atoms with van der Waals surface area (Å²) in [5.41, 5.74) is 0.598. The van der Waals surface area contributed by atoms with E-state index in [9.17, 15) is 14.0 Å². The van der Waals surface area contributed by atoms with Gasteiger partial charge < -0.3 is 0 Å². The first kappa shape index (κ1) is 18.8. The lowest BCUT2D eigenvalue weighted by Gasteiger charge is -2.18. The van der Waals surface area contributed by atoms with E-state index in [0.29, 0.717) is 16.0 Å². The Bertz CT molecular complexity index is 1010. The number of benzene rings is 1. The number of rotatable bonds is 5. The summed E-state index contributed by atoms with van der Waals surface area (Å²) in [4.78, 5) is 29.4. The van der Waals surface area contributed by atoms with Gasteiger partial charge in [0.05, 0.1) is 11.4 Å². The van der Waals surface area contributed by atoms with Crippen LogP contribution in [0.3, 0.4) is 0 Å². The average molecular weight is 403 g/mol. The summed E-state index contributed by atoms with van der Waals surface area (Å²) in [7, 11) is 0. The molecule has 0 unspecified atom stereocenters. The van der Waals surface area contributed by atoms with Gasteiger partial charge in [0.15, 0.2) is 5.13 Å². The lowest BCUT2D eigenvalue weighted by molar-refractivity contribution is -0.116. The van der Waals surface area contributed by atoms with Crippen LogP contribution in [0.15, 0.2) is 35.7 Å². The van der Waals surface area contributed by atoms with Crippen molar-refractivity contribution in [1.29, 1.82) is 0 Å². The molecule has 10 heteroatoms. The molecule has 2 aromatic heterocycles. The number of aryl methyl sites for hydroxylation is 1. The van der Waals surface area contributed by atoms with Gasteiger partial charge in [0.25, 0.3) is 0 Å². The van der Waals surface area contributed by atoms with Crippen LogP contribution in [0.4, 0.5) is 20.3 Å². The van der Waals surface area contributed by atoms with E-state index in [0.717, 1.165) is 5.01 Å². The van der Waals surface area contributed by atoms with E-state index in [2.05, 4.69) is 20.5 Å². The molecule has 1 aromatic carbocycles. The highest BCUT2D eigenvalue weighted by atomic mass is 32.1. The summed E-state index contributed by atoms with van der Waals surface area (Å²) in [5.74, 6) is -1.26. The highest BCUT2D eigenvalue weighted by Crippen LogP contribution is 2.30. The largest absolute Gasteiger partial charge is 0.297 e. The molecule has 0 fully saturated rings. The minimum Gasteiger partial charge on any atom is -0.297 e. The van der Waals surface area contributed by atoms with Gasteiger partial charge in [-0.1, -0.05) is 23.5 Å². The molecule has 7 nitrogen and oxygen atoms in total. The molecule has 0 aliphatic heterocycles. The van der Waals surface area contributed by atoms with Crippen molar-refractivity contribution in [1.82, 2.24) is 15.2 Å². The van der Waals surface area contributed by atoms with E-state index < -0.39 is 5.82 Å². The van der Waals surface area contributed by atoms with Gasteiger partial charge >= 0.3 is 0 Å². The van der Waals surface area contributed by atoms with Gasteiger partial charge in [-0.05, 0) is 25.1 Å². The topological polar surface area (TPSA) is 88.1 Å². The standard InChI is InChI=1S/C17H14FN5O2S2/c1-10-21-22-16(27-10)20-15(25)8-7-12-9-26-17(19-12)23(11(2)24)14-6-4-3-5-13(14)18/h3-9H,1-2H3,(H,20,22,25). The molecule has 0 saturated carbocycles. The van der Waals surface area contributed by atoms with Crippen molar-refractivity contribution >= 4 is 56.5 Å². The van der Waals surface area contributed by atoms with Gasteiger partial charge in [-0.3, -0.25) is 19.8 Å². The molecule has 0 radical (unpaired) electrons. The number of carbonyl (C=O) groups is 2. The summed E-state index contributed by atoms with van der Waals surface area (Å²) < 4.78 is 14.1. The molecule has 3 aromatic rings. The Morgan fingerprint density at radius 3 is 2.70 bits per heavy atom. The smallest absolute Gasteiger partial charge is 0.250 e. The van der Waals surface area contributed by atoms with E-state index in [1.807, 2.05) is 0 Å². The third-order valence-electron chi connectivity index (χ3n) is 3.27. The monoisotopic (exact) mass is 403 g/mol. The number of halogens is 1. The number of nitrogens with one attached hydrogen (secondary N) is 1. The van der Waals surface area contributed by atoms with Crippen molar-refractivity contribution in [3.05, 3.63) is 52.2 Å². The third kappa shape index (κ3) is 4.60. The number of hydrogen-bond acceptors (Lipinski definition) is 7. The van der Waals surface area contributed by atoms with Crippen molar-refractivity contribution in [2.75, 3.05) is 10.2 Å².